The molecule has 3 aromatic carbocycles. The second kappa shape index (κ2) is 11.9. The van der Waals surface area contributed by atoms with E-state index in [4.69, 9.17) is 11.5 Å². The van der Waals surface area contributed by atoms with Crippen LogP contribution in [0.4, 0.5) is 0 Å². The third kappa shape index (κ3) is 5.38. The van der Waals surface area contributed by atoms with Crippen LogP contribution in [0, 0.1) is 27.7 Å². The first-order chi connectivity index (χ1) is 18.3. The fourth-order valence-electron chi connectivity index (χ4n) is 5.90. The molecule has 0 bridgehead atoms. The third-order valence-corrected chi connectivity index (χ3v) is 8.38. The Hall–Kier alpha value is -3.48. The van der Waals surface area contributed by atoms with Gasteiger partial charge in [-0.05, 0) is 85.0 Å². The maximum absolute atomic E-state index is 13.8. The molecule has 0 aromatic heterocycles. The van der Waals surface area contributed by atoms with Crippen molar-refractivity contribution in [2.24, 2.45) is 11.5 Å². The van der Waals surface area contributed by atoms with Crippen LogP contribution in [-0.2, 0) is 22.7 Å². The molecule has 0 saturated carbocycles. The molecule has 2 amide bonds. The lowest BCUT2D eigenvalue weighted by atomic mass is 9.84. The lowest BCUT2D eigenvalue weighted by Gasteiger charge is -2.31. The van der Waals surface area contributed by atoms with Crippen molar-refractivity contribution in [3.8, 4) is 0 Å². The van der Waals surface area contributed by atoms with Crippen LogP contribution in [0.3, 0.4) is 0 Å². The summed E-state index contributed by atoms with van der Waals surface area (Å²) in [6.45, 7) is 9.79. The average molecular weight is 513 g/mol. The highest BCUT2D eigenvalue weighted by molar-refractivity contribution is 5.91. The lowest BCUT2D eigenvalue weighted by Crippen LogP contribution is -2.52. The minimum absolute atomic E-state index is 0.129. The summed E-state index contributed by atoms with van der Waals surface area (Å²) in [5, 5.41) is 3.13. The zero-order chi connectivity index (χ0) is 27.4. The highest BCUT2D eigenvalue weighted by Crippen LogP contribution is 2.30. The molecular formula is C32H40N4O2. The van der Waals surface area contributed by atoms with E-state index in [0.29, 0.717) is 26.1 Å². The van der Waals surface area contributed by atoms with Crippen molar-refractivity contribution in [3.05, 3.63) is 105 Å². The van der Waals surface area contributed by atoms with E-state index in [1.54, 1.807) is 4.90 Å². The van der Waals surface area contributed by atoms with E-state index in [0.717, 1.165) is 34.2 Å². The summed E-state index contributed by atoms with van der Waals surface area (Å²) in [6.07, 6.45) is 1.41. The van der Waals surface area contributed by atoms with Gasteiger partial charge in [0.2, 0.25) is 11.8 Å². The third-order valence-electron chi connectivity index (χ3n) is 8.38. The molecule has 6 heteroatoms. The first-order valence-electron chi connectivity index (χ1n) is 13.5. The minimum Gasteiger partial charge on any atom is -0.350 e. The Morgan fingerprint density at radius 3 is 1.87 bits per heavy atom. The van der Waals surface area contributed by atoms with E-state index < -0.39 is 12.1 Å². The van der Waals surface area contributed by atoms with Crippen molar-refractivity contribution >= 4 is 11.8 Å². The van der Waals surface area contributed by atoms with E-state index in [1.165, 1.54) is 16.7 Å². The molecule has 4 rings (SSSR count). The van der Waals surface area contributed by atoms with Crippen LogP contribution in [0.1, 0.15) is 63.3 Å². The molecule has 1 heterocycles. The van der Waals surface area contributed by atoms with Gasteiger partial charge in [0.05, 0.1) is 6.04 Å². The molecule has 1 saturated heterocycles. The molecule has 0 spiro atoms. The van der Waals surface area contributed by atoms with E-state index in [2.05, 4.69) is 33.0 Å². The summed E-state index contributed by atoms with van der Waals surface area (Å²) in [5.41, 5.74) is 21.6. The van der Waals surface area contributed by atoms with Crippen molar-refractivity contribution in [2.45, 2.75) is 71.6 Å². The van der Waals surface area contributed by atoms with Gasteiger partial charge in [-0.15, -0.1) is 0 Å². The van der Waals surface area contributed by atoms with Crippen LogP contribution in [0.15, 0.2) is 60.7 Å². The average Bonchev–Trinajstić information content (AvgIpc) is 3.43. The van der Waals surface area contributed by atoms with Crippen LogP contribution in [0.5, 0.6) is 0 Å². The molecule has 0 aliphatic carbocycles. The van der Waals surface area contributed by atoms with Crippen LogP contribution in [0.25, 0.3) is 0 Å². The molecule has 2 atom stereocenters. The van der Waals surface area contributed by atoms with E-state index >= 15 is 0 Å². The monoisotopic (exact) mass is 512 g/mol. The standard InChI is InChI=1S/C32H40N4O2/c1-20-22(3)27(23(4)21(2)26(20)18-33)19-35-31(37)28-16-11-17-36(28)32(38)30(34)29(24-12-7-5-8-13-24)25-14-9-6-10-15-25/h5-10,12-15,28-30H,11,16-19,33-34H2,1-4H3,(H,35,37)/t28-,30?/m0/s1. The van der Waals surface area contributed by atoms with Gasteiger partial charge in [-0.2, -0.15) is 0 Å². The van der Waals surface area contributed by atoms with Gasteiger partial charge in [-0.3, -0.25) is 9.59 Å². The van der Waals surface area contributed by atoms with Gasteiger partial charge in [0.15, 0.2) is 0 Å². The van der Waals surface area contributed by atoms with Gasteiger partial charge in [-0.25, -0.2) is 0 Å². The predicted octanol–water partition coefficient (Wildman–Crippen LogP) is 4.15. The Labute approximate surface area is 226 Å². The van der Waals surface area contributed by atoms with Crippen LogP contribution < -0.4 is 16.8 Å². The molecule has 1 fully saturated rings. The number of nitrogens with one attached hydrogen (secondary N) is 1. The number of carbonyl (C=O) groups is 2. The van der Waals surface area contributed by atoms with Gasteiger partial charge in [0.25, 0.3) is 0 Å². The van der Waals surface area contributed by atoms with Crippen molar-refractivity contribution in [1.82, 2.24) is 10.2 Å². The zero-order valence-corrected chi connectivity index (χ0v) is 23.0. The highest BCUT2D eigenvalue weighted by atomic mass is 16.2. The Bertz CT molecular complexity index is 1220. The summed E-state index contributed by atoms with van der Waals surface area (Å²) in [5.74, 6) is -0.616. The topological polar surface area (TPSA) is 101 Å². The maximum atomic E-state index is 13.8. The molecule has 0 radical (unpaired) electrons. The first kappa shape index (κ1) is 27.6. The van der Waals surface area contributed by atoms with Crippen molar-refractivity contribution in [3.63, 3.8) is 0 Å². The number of hydrogen-bond acceptors (Lipinski definition) is 4. The van der Waals surface area contributed by atoms with Crippen LogP contribution in [0.2, 0.25) is 0 Å². The van der Waals surface area contributed by atoms with Gasteiger partial charge >= 0.3 is 0 Å². The van der Waals surface area contributed by atoms with E-state index in [9.17, 15) is 9.59 Å². The van der Waals surface area contributed by atoms with E-state index in [1.807, 2.05) is 60.7 Å². The second-order valence-electron chi connectivity index (χ2n) is 10.4. The van der Waals surface area contributed by atoms with Crippen LogP contribution in [-0.4, -0.2) is 35.3 Å². The Morgan fingerprint density at radius 2 is 1.37 bits per heavy atom. The molecule has 200 valence electrons. The fourth-order valence-corrected chi connectivity index (χ4v) is 5.90. The predicted molar refractivity (Wildman–Crippen MR) is 153 cm³/mol. The van der Waals surface area contributed by atoms with E-state index in [-0.39, 0.29) is 17.7 Å². The molecule has 5 N–H and O–H groups in total. The summed E-state index contributed by atoms with van der Waals surface area (Å²) in [6, 6.07) is 18.4. The molecule has 38 heavy (non-hydrogen) atoms. The summed E-state index contributed by atoms with van der Waals surface area (Å²) < 4.78 is 0. The van der Waals surface area contributed by atoms with Crippen molar-refractivity contribution < 1.29 is 9.59 Å². The zero-order valence-electron chi connectivity index (χ0n) is 23.0. The molecule has 6 nitrogen and oxygen atoms in total. The van der Waals surface area contributed by atoms with Crippen LogP contribution >= 0.6 is 0 Å². The normalized spacial score (nSPS) is 16.1. The summed E-state index contributed by atoms with van der Waals surface area (Å²) in [7, 11) is 0. The van der Waals surface area contributed by atoms with Crippen molar-refractivity contribution in [1.29, 1.82) is 0 Å². The number of rotatable bonds is 8. The summed E-state index contributed by atoms with van der Waals surface area (Å²) >= 11 is 0. The van der Waals surface area contributed by atoms with Crippen molar-refractivity contribution in [2.75, 3.05) is 6.54 Å². The molecule has 1 aliphatic rings. The number of benzene rings is 3. The number of hydrogen-bond donors (Lipinski definition) is 3. The number of carbonyl (C=O) groups excluding carboxylic acids is 2. The quantitative estimate of drug-likeness (QED) is 0.422. The number of nitrogens with zero attached hydrogens (tertiary/aromatic N) is 1. The SMILES string of the molecule is Cc1c(C)c(CNC(=O)[C@@H]2CCCN2C(=O)C(N)C(c2ccccc2)c2ccccc2)c(C)c(C)c1CN. The number of likely N-dealkylation sites (tertiary alicyclic amines) is 1. The molecule has 1 aliphatic heterocycles. The van der Waals surface area contributed by atoms with Gasteiger partial charge in [-0.1, -0.05) is 60.7 Å². The highest BCUT2D eigenvalue weighted by Gasteiger charge is 2.39. The summed E-state index contributed by atoms with van der Waals surface area (Å²) in [4.78, 5) is 28.9. The molecular weight excluding hydrogens is 472 g/mol. The van der Waals surface area contributed by atoms with Gasteiger partial charge in [0, 0.05) is 25.6 Å². The second-order valence-corrected chi connectivity index (χ2v) is 10.4. The molecule has 1 unspecified atom stereocenters. The fraction of sp³-hybridized carbons (Fsp3) is 0.375. The lowest BCUT2D eigenvalue weighted by molar-refractivity contribution is -0.139. The first-order valence-corrected chi connectivity index (χ1v) is 13.5. The number of amides is 2. The smallest absolute Gasteiger partial charge is 0.243 e. The Kier molecular flexibility index (Phi) is 8.65. The van der Waals surface area contributed by atoms with Gasteiger partial charge in [0.1, 0.15) is 6.04 Å². The minimum atomic E-state index is -0.799. The van der Waals surface area contributed by atoms with Gasteiger partial charge < -0.3 is 21.7 Å². The largest absolute Gasteiger partial charge is 0.350 e. The maximum Gasteiger partial charge on any atom is 0.243 e. The molecule has 3 aromatic rings. The Balaban J connectivity index is 1.53. The Morgan fingerprint density at radius 1 is 0.868 bits per heavy atom. The number of nitrogens with two attached hydrogens (primary N) is 2.